The highest BCUT2D eigenvalue weighted by Gasteiger charge is 2.53. The van der Waals surface area contributed by atoms with Gasteiger partial charge in [0.05, 0.1) is 10.6 Å². The average molecular weight is 294 g/mol. The number of rotatable bonds is 6. The highest BCUT2D eigenvalue weighted by molar-refractivity contribution is 6.33. The smallest absolute Gasteiger partial charge is 0.253 e. The van der Waals surface area contributed by atoms with Crippen LogP contribution >= 0.6 is 11.6 Å². The first-order valence-electron chi connectivity index (χ1n) is 7.32. The second kappa shape index (κ2) is 5.24. The number of hydrogen-bond donors (Lipinski definition) is 2. The molecule has 0 bridgehead atoms. The summed E-state index contributed by atoms with van der Waals surface area (Å²) in [5.41, 5.74) is 0.906. The van der Waals surface area contributed by atoms with Crippen molar-refractivity contribution in [2.45, 2.75) is 32.6 Å². The lowest BCUT2D eigenvalue weighted by molar-refractivity contribution is 0.0942. The summed E-state index contributed by atoms with van der Waals surface area (Å²) in [5, 5.41) is 6.55. The fourth-order valence-corrected chi connectivity index (χ4v) is 3.02. The number of hydrogen-bond acceptors (Lipinski definition) is 3. The first-order chi connectivity index (χ1) is 9.64. The molecular formula is C15H20ClN3O. The molecule has 1 aromatic rings. The van der Waals surface area contributed by atoms with E-state index in [2.05, 4.69) is 15.6 Å². The molecular weight excluding hydrogens is 274 g/mol. The Morgan fingerprint density at radius 1 is 1.50 bits per heavy atom. The molecule has 0 aliphatic heterocycles. The van der Waals surface area contributed by atoms with Gasteiger partial charge in [0.2, 0.25) is 0 Å². The fraction of sp³-hybridized carbons (Fsp3) is 0.600. The Morgan fingerprint density at radius 2 is 2.25 bits per heavy atom. The molecule has 2 aliphatic carbocycles. The van der Waals surface area contributed by atoms with E-state index < -0.39 is 0 Å². The number of nitrogens with zero attached hydrogens (tertiary/aromatic N) is 1. The van der Waals surface area contributed by atoms with Gasteiger partial charge in [-0.3, -0.25) is 4.79 Å². The third-order valence-electron chi connectivity index (χ3n) is 4.39. The number of aromatic nitrogens is 1. The summed E-state index contributed by atoms with van der Waals surface area (Å²) < 4.78 is 0. The van der Waals surface area contributed by atoms with Crippen LogP contribution < -0.4 is 10.6 Å². The number of anilines is 1. The maximum atomic E-state index is 12.3. The van der Waals surface area contributed by atoms with Crippen molar-refractivity contribution < 1.29 is 4.79 Å². The van der Waals surface area contributed by atoms with Crippen molar-refractivity contribution in [3.05, 3.63) is 22.8 Å². The first-order valence-corrected chi connectivity index (χ1v) is 7.70. The molecule has 2 N–H and O–H groups in total. The number of nitrogens with one attached hydrogen (secondary N) is 2. The first kappa shape index (κ1) is 13.7. The molecule has 5 heteroatoms. The van der Waals surface area contributed by atoms with E-state index in [0.717, 1.165) is 19.0 Å². The lowest BCUT2D eigenvalue weighted by Crippen LogP contribution is -2.31. The SMILES string of the molecule is CCNc1cc(C(=O)NCC2(C3CC3)CC2)c(Cl)cn1. The van der Waals surface area contributed by atoms with Gasteiger partial charge >= 0.3 is 0 Å². The van der Waals surface area contributed by atoms with Crippen molar-refractivity contribution in [3.8, 4) is 0 Å². The number of halogens is 1. The van der Waals surface area contributed by atoms with Crippen molar-refractivity contribution in [2.75, 3.05) is 18.4 Å². The minimum absolute atomic E-state index is 0.0940. The van der Waals surface area contributed by atoms with Crippen molar-refractivity contribution in [1.82, 2.24) is 10.3 Å². The summed E-state index contributed by atoms with van der Waals surface area (Å²) in [6, 6.07) is 1.72. The monoisotopic (exact) mass is 293 g/mol. The van der Waals surface area contributed by atoms with Gasteiger partial charge in [-0.25, -0.2) is 4.98 Å². The topological polar surface area (TPSA) is 54.0 Å². The third kappa shape index (κ3) is 2.75. The summed E-state index contributed by atoms with van der Waals surface area (Å²) in [6.07, 6.45) is 6.70. The maximum absolute atomic E-state index is 12.3. The van der Waals surface area contributed by atoms with Crippen molar-refractivity contribution in [2.24, 2.45) is 11.3 Å². The molecule has 2 aliphatic rings. The van der Waals surface area contributed by atoms with Crippen LogP contribution in [0.2, 0.25) is 5.02 Å². The number of pyridine rings is 1. The second-order valence-electron chi connectivity index (χ2n) is 5.90. The van der Waals surface area contributed by atoms with Gasteiger partial charge in [0.25, 0.3) is 5.91 Å². The largest absolute Gasteiger partial charge is 0.370 e. The molecule has 0 unspecified atom stereocenters. The minimum Gasteiger partial charge on any atom is -0.370 e. The van der Waals surface area contributed by atoms with E-state index in [1.165, 1.54) is 31.9 Å². The van der Waals surface area contributed by atoms with Crippen molar-refractivity contribution in [1.29, 1.82) is 0 Å². The Kier molecular flexibility index (Phi) is 3.59. The van der Waals surface area contributed by atoms with Crippen LogP contribution in [0.5, 0.6) is 0 Å². The van der Waals surface area contributed by atoms with Crippen molar-refractivity contribution in [3.63, 3.8) is 0 Å². The van der Waals surface area contributed by atoms with Crippen molar-refractivity contribution >= 4 is 23.3 Å². The average Bonchev–Trinajstić information content (AvgIpc) is 3.30. The third-order valence-corrected chi connectivity index (χ3v) is 4.70. The van der Waals surface area contributed by atoms with Gasteiger partial charge in [-0.1, -0.05) is 11.6 Å². The number of carbonyl (C=O) groups is 1. The summed E-state index contributed by atoms with van der Waals surface area (Å²) >= 11 is 6.08. The Hall–Kier alpha value is -1.29. The van der Waals surface area contributed by atoms with E-state index in [4.69, 9.17) is 11.6 Å². The molecule has 2 fully saturated rings. The van der Waals surface area contributed by atoms with Crippen LogP contribution in [0.3, 0.4) is 0 Å². The van der Waals surface area contributed by atoms with Gasteiger partial charge < -0.3 is 10.6 Å². The molecule has 2 saturated carbocycles. The van der Waals surface area contributed by atoms with E-state index in [9.17, 15) is 4.79 Å². The van der Waals surface area contributed by atoms with Gasteiger partial charge in [0.1, 0.15) is 5.82 Å². The standard InChI is InChI=1S/C15H20ClN3O/c1-2-17-13-7-11(12(16)8-18-13)14(20)19-9-15(5-6-15)10-3-4-10/h7-8,10H,2-6,9H2,1H3,(H,17,18)(H,19,20). The normalized spacial score (nSPS) is 19.5. The molecule has 1 aromatic heterocycles. The van der Waals surface area contributed by atoms with Crippen LogP contribution in [0.25, 0.3) is 0 Å². The number of carbonyl (C=O) groups excluding carboxylic acids is 1. The zero-order valence-electron chi connectivity index (χ0n) is 11.7. The van der Waals surface area contributed by atoms with Crippen LogP contribution in [0.1, 0.15) is 43.0 Å². The molecule has 3 rings (SSSR count). The molecule has 0 saturated heterocycles. The van der Waals surface area contributed by atoms with E-state index in [1.807, 2.05) is 6.92 Å². The maximum Gasteiger partial charge on any atom is 0.253 e. The molecule has 0 radical (unpaired) electrons. The molecule has 1 amide bonds. The van der Waals surface area contributed by atoms with E-state index >= 15 is 0 Å². The molecule has 4 nitrogen and oxygen atoms in total. The predicted octanol–water partition coefficient (Wildman–Crippen LogP) is 3.09. The van der Waals surface area contributed by atoms with Crippen LogP contribution in [0.15, 0.2) is 12.3 Å². The van der Waals surface area contributed by atoms with Gasteiger partial charge in [-0.15, -0.1) is 0 Å². The lowest BCUT2D eigenvalue weighted by atomic mass is 10.0. The van der Waals surface area contributed by atoms with Gasteiger partial charge in [0.15, 0.2) is 0 Å². The molecule has 20 heavy (non-hydrogen) atoms. The van der Waals surface area contributed by atoms with Crippen LogP contribution in [-0.2, 0) is 0 Å². The Morgan fingerprint density at radius 3 is 2.85 bits per heavy atom. The summed E-state index contributed by atoms with van der Waals surface area (Å²) in [5.74, 6) is 1.43. The lowest BCUT2D eigenvalue weighted by Gasteiger charge is -2.15. The molecule has 0 spiro atoms. The summed E-state index contributed by atoms with van der Waals surface area (Å²) in [6.45, 7) is 3.54. The van der Waals surface area contributed by atoms with E-state index in [1.54, 1.807) is 6.07 Å². The van der Waals surface area contributed by atoms with E-state index in [0.29, 0.717) is 21.8 Å². The quantitative estimate of drug-likeness (QED) is 0.847. The highest BCUT2D eigenvalue weighted by Crippen LogP contribution is 2.60. The van der Waals surface area contributed by atoms with Gasteiger partial charge in [-0.05, 0) is 50.0 Å². The fourth-order valence-electron chi connectivity index (χ4n) is 2.83. The van der Waals surface area contributed by atoms with E-state index in [-0.39, 0.29) is 5.91 Å². The Bertz CT molecular complexity index is 524. The zero-order valence-corrected chi connectivity index (χ0v) is 12.5. The van der Waals surface area contributed by atoms with Crippen LogP contribution in [0.4, 0.5) is 5.82 Å². The Balaban J connectivity index is 1.65. The van der Waals surface area contributed by atoms with Gasteiger partial charge in [0, 0.05) is 19.3 Å². The highest BCUT2D eigenvalue weighted by atomic mass is 35.5. The zero-order chi connectivity index (χ0) is 14.2. The molecule has 108 valence electrons. The Labute approximate surface area is 124 Å². The summed E-state index contributed by atoms with van der Waals surface area (Å²) in [7, 11) is 0. The van der Waals surface area contributed by atoms with Crippen LogP contribution in [-0.4, -0.2) is 24.0 Å². The van der Waals surface area contributed by atoms with Gasteiger partial charge in [-0.2, -0.15) is 0 Å². The minimum atomic E-state index is -0.0940. The predicted molar refractivity (Wildman–Crippen MR) is 80.1 cm³/mol. The molecule has 1 heterocycles. The molecule has 0 aromatic carbocycles. The summed E-state index contributed by atoms with van der Waals surface area (Å²) in [4.78, 5) is 16.4. The number of amides is 1. The second-order valence-corrected chi connectivity index (χ2v) is 6.31. The molecule has 0 atom stereocenters. The van der Waals surface area contributed by atoms with Crippen LogP contribution in [0, 0.1) is 11.3 Å².